The van der Waals surface area contributed by atoms with Crippen LogP contribution < -0.4 is 0 Å². The molecular weight excluding hydrogens is 268 g/mol. The van der Waals surface area contributed by atoms with Crippen LogP contribution in [0.1, 0.15) is 5.56 Å². The van der Waals surface area contributed by atoms with E-state index in [-0.39, 0.29) is 5.02 Å². The van der Waals surface area contributed by atoms with Crippen molar-refractivity contribution in [1.29, 1.82) is 0 Å². The van der Waals surface area contributed by atoms with Gasteiger partial charge >= 0.3 is 0 Å². The monoisotopic (exact) mass is 269 g/mol. The summed E-state index contributed by atoms with van der Waals surface area (Å²) in [7, 11) is 0. The Kier molecular flexibility index (Phi) is 3.82. The third-order valence-electron chi connectivity index (χ3n) is 1.44. The van der Waals surface area contributed by atoms with E-state index in [1.54, 1.807) is 0 Å². The van der Waals surface area contributed by atoms with Gasteiger partial charge in [0.25, 0.3) is 0 Å². The first-order chi connectivity index (χ1) is 6.45. The normalized spacial score (nSPS) is 10.9. The van der Waals surface area contributed by atoms with Crippen LogP contribution in [0.15, 0.2) is 23.2 Å². The summed E-state index contributed by atoms with van der Waals surface area (Å²) in [6.45, 7) is 0. The molecule has 0 aromatic heterocycles. The van der Waals surface area contributed by atoms with Crippen LogP contribution in [0.3, 0.4) is 0 Å². The Balaban J connectivity index is 3.19. The van der Waals surface area contributed by atoms with E-state index in [1.165, 1.54) is 24.3 Å². The number of nitrogens with zero attached hydrogens (tertiary/aromatic N) is 1. The second kappa shape index (κ2) is 4.52. The highest BCUT2D eigenvalue weighted by atomic mass is 35.6. The van der Waals surface area contributed by atoms with Crippen molar-refractivity contribution in [3.8, 4) is 0 Å². The maximum atomic E-state index is 9.98. The Hall–Kier alpha value is -0.240. The highest BCUT2D eigenvalue weighted by Crippen LogP contribution is 2.40. The second-order valence-corrected chi connectivity index (χ2v) is 5.06. The van der Waals surface area contributed by atoms with Gasteiger partial charge in [-0.2, -0.15) is 4.99 Å². The molecule has 74 valence electrons. The molecule has 0 N–H and O–H groups in total. The summed E-state index contributed by atoms with van der Waals surface area (Å²) in [4.78, 5) is 13.3. The molecule has 0 heterocycles. The first-order valence-electron chi connectivity index (χ1n) is 3.40. The summed E-state index contributed by atoms with van der Waals surface area (Å²) in [6.07, 6.45) is 1.37. The number of hydrogen-bond donors (Lipinski definition) is 0. The van der Waals surface area contributed by atoms with Crippen molar-refractivity contribution in [2.75, 3.05) is 0 Å². The number of alkyl halides is 3. The minimum absolute atomic E-state index is 0.233. The highest BCUT2D eigenvalue weighted by Gasteiger charge is 2.23. The van der Waals surface area contributed by atoms with Gasteiger partial charge in [-0.15, -0.1) is 0 Å². The molecule has 0 saturated heterocycles. The maximum absolute atomic E-state index is 9.98. The van der Waals surface area contributed by atoms with Crippen molar-refractivity contribution in [2.24, 2.45) is 4.99 Å². The van der Waals surface area contributed by atoms with Crippen LogP contribution in [0.5, 0.6) is 0 Å². The van der Waals surface area contributed by atoms with Gasteiger partial charge in [-0.3, -0.25) is 0 Å². The zero-order valence-corrected chi connectivity index (χ0v) is 9.62. The summed E-state index contributed by atoms with van der Waals surface area (Å²) in [5.74, 6) is 0. The van der Waals surface area contributed by atoms with E-state index in [1.807, 2.05) is 0 Å². The number of isocyanates is 1. The Bertz CT molecular complexity index is 393. The zero-order valence-electron chi connectivity index (χ0n) is 6.60. The van der Waals surface area contributed by atoms with Gasteiger partial charge in [0.1, 0.15) is 0 Å². The first-order valence-corrected chi connectivity index (χ1v) is 4.91. The molecule has 1 aromatic carbocycles. The average molecular weight is 271 g/mol. The molecule has 0 atom stereocenters. The lowest BCUT2D eigenvalue weighted by molar-refractivity contribution is 0.565. The fourth-order valence-corrected chi connectivity index (χ4v) is 1.40. The Labute approximate surface area is 100 Å². The van der Waals surface area contributed by atoms with E-state index in [9.17, 15) is 4.79 Å². The van der Waals surface area contributed by atoms with E-state index in [2.05, 4.69) is 4.99 Å². The Morgan fingerprint density at radius 1 is 1.29 bits per heavy atom. The summed E-state index contributed by atoms with van der Waals surface area (Å²) in [5.41, 5.74) is 0.706. The van der Waals surface area contributed by atoms with Crippen LogP contribution in [0.2, 0.25) is 5.02 Å². The fraction of sp³-hybridized carbons (Fsp3) is 0.125. The third-order valence-corrected chi connectivity index (χ3v) is 2.40. The Morgan fingerprint density at radius 2 is 1.93 bits per heavy atom. The number of aliphatic imine (C=N–C) groups is 1. The van der Waals surface area contributed by atoms with Crippen molar-refractivity contribution >= 4 is 58.2 Å². The predicted octanol–water partition coefficient (Wildman–Crippen LogP) is 4.13. The lowest BCUT2D eigenvalue weighted by Gasteiger charge is -2.11. The van der Waals surface area contributed by atoms with Gasteiger partial charge in [0.15, 0.2) is 0 Å². The summed E-state index contributed by atoms with van der Waals surface area (Å²) in [6, 6.07) is 4.43. The molecule has 0 radical (unpaired) electrons. The summed E-state index contributed by atoms with van der Waals surface area (Å²) < 4.78 is -1.53. The molecule has 0 fully saturated rings. The van der Waals surface area contributed by atoms with Gasteiger partial charge in [0.2, 0.25) is 9.87 Å². The van der Waals surface area contributed by atoms with Crippen LogP contribution in [0.4, 0.5) is 5.69 Å². The van der Waals surface area contributed by atoms with E-state index in [0.717, 1.165) is 0 Å². The topological polar surface area (TPSA) is 29.4 Å². The van der Waals surface area contributed by atoms with Crippen LogP contribution in [0.25, 0.3) is 0 Å². The number of benzene rings is 1. The summed E-state index contributed by atoms with van der Waals surface area (Å²) >= 11 is 22.6. The Morgan fingerprint density at radius 3 is 2.36 bits per heavy atom. The molecule has 0 unspecified atom stereocenters. The molecule has 0 aliphatic rings. The van der Waals surface area contributed by atoms with E-state index < -0.39 is 3.79 Å². The van der Waals surface area contributed by atoms with Gasteiger partial charge < -0.3 is 0 Å². The smallest absolute Gasteiger partial charge is 0.211 e. The molecular formula is C8H3Cl4NO. The van der Waals surface area contributed by atoms with Crippen molar-refractivity contribution < 1.29 is 4.79 Å². The lowest BCUT2D eigenvalue weighted by Crippen LogP contribution is -1.98. The zero-order chi connectivity index (χ0) is 10.8. The molecule has 1 aromatic rings. The van der Waals surface area contributed by atoms with Crippen LogP contribution in [0, 0.1) is 0 Å². The first kappa shape index (κ1) is 11.8. The van der Waals surface area contributed by atoms with Gasteiger partial charge in [-0.25, -0.2) is 4.79 Å². The van der Waals surface area contributed by atoms with E-state index in [4.69, 9.17) is 46.4 Å². The summed E-state index contributed by atoms with van der Waals surface area (Å²) in [5, 5.41) is 0.233. The van der Waals surface area contributed by atoms with Gasteiger partial charge in [-0.1, -0.05) is 52.5 Å². The molecule has 14 heavy (non-hydrogen) atoms. The predicted molar refractivity (Wildman–Crippen MR) is 58.5 cm³/mol. The lowest BCUT2D eigenvalue weighted by atomic mass is 10.2. The highest BCUT2D eigenvalue weighted by molar-refractivity contribution is 6.66. The van der Waals surface area contributed by atoms with Crippen molar-refractivity contribution in [2.45, 2.75) is 3.79 Å². The molecule has 0 bridgehead atoms. The van der Waals surface area contributed by atoms with Crippen LogP contribution in [-0.2, 0) is 8.59 Å². The molecule has 0 spiro atoms. The van der Waals surface area contributed by atoms with E-state index >= 15 is 0 Å². The largest absolute Gasteiger partial charge is 0.240 e. The quantitative estimate of drug-likeness (QED) is 0.429. The maximum Gasteiger partial charge on any atom is 0.240 e. The molecule has 0 aliphatic carbocycles. The van der Waals surface area contributed by atoms with Crippen molar-refractivity contribution in [1.82, 2.24) is 0 Å². The second-order valence-electron chi connectivity index (χ2n) is 2.37. The van der Waals surface area contributed by atoms with Crippen molar-refractivity contribution in [3.63, 3.8) is 0 Å². The van der Waals surface area contributed by atoms with Crippen molar-refractivity contribution in [3.05, 3.63) is 28.8 Å². The fourth-order valence-electron chi connectivity index (χ4n) is 0.823. The SMILES string of the molecule is O=C=Nc1ccc(C(Cl)(Cl)Cl)cc1Cl. The third kappa shape index (κ3) is 2.88. The minimum Gasteiger partial charge on any atom is -0.211 e. The number of carbonyl (C=O) groups excluding carboxylic acids is 1. The molecule has 0 aliphatic heterocycles. The van der Waals surface area contributed by atoms with Gasteiger partial charge in [-0.05, 0) is 12.1 Å². The van der Waals surface area contributed by atoms with Crippen LogP contribution >= 0.6 is 46.4 Å². The molecule has 1 rings (SSSR count). The molecule has 0 amide bonds. The minimum atomic E-state index is -1.53. The van der Waals surface area contributed by atoms with Gasteiger partial charge in [0, 0.05) is 5.56 Å². The molecule has 2 nitrogen and oxygen atoms in total. The molecule has 0 saturated carbocycles. The number of halogens is 4. The average Bonchev–Trinajstić information content (AvgIpc) is 2.07. The number of rotatable bonds is 1. The van der Waals surface area contributed by atoms with E-state index in [0.29, 0.717) is 11.3 Å². The standard InChI is InChI=1S/C8H3Cl4NO/c9-6-3-5(8(10,11)12)1-2-7(6)13-4-14/h1-3H. The molecule has 6 heteroatoms. The van der Waals surface area contributed by atoms with Gasteiger partial charge in [0.05, 0.1) is 10.7 Å². The van der Waals surface area contributed by atoms with Crippen LogP contribution in [-0.4, -0.2) is 6.08 Å². The number of hydrogen-bond acceptors (Lipinski definition) is 2.